The molecule has 2 aromatic rings. The van der Waals surface area contributed by atoms with Crippen LogP contribution < -0.4 is 0 Å². The van der Waals surface area contributed by atoms with Gasteiger partial charge >= 0.3 is 0 Å². The molecular weight excluding hydrogens is 332 g/mol. The molecule has 0 spiro atoms. The molecule has 0 radical (unpaired) electrons. The van der Waals surface area contributed by atoms with Gasteiger partial charge in [-0.25, -0.2) is 8.78 Å². The van der Waals surface area contributed by atoms with Gasteiger partial charge in [0.15, 0.2) is 5.78 Å². The Balaban J connectivity index is 2.02. The average Bonchev–Trinajstić information content (AvgIpc) is 2.61. The molecule has 0 N–H and O–H groups in total. The van der Waals surface area contributed by atoms with Gasteiger partial charge in [-0.1, -0.05) is 36.4 Å². The predicted molar refractivity (Wildman–Crippen MR) is 100 cm³/mol. The molecule has 1 heterocycles. The zero-order valence-electron chi connectivity index (χ0n) is 14.9. The first kappa shape index (κ1) is 18.2. The Morgan fingerprint density at radius 2 is 1.27 bits per heavy atom. The van der Waals surface area contributed by atoms with Crippen LogP contribution in [0.5, 0.6) is 0 Å². The van der Waals surface area contributed by atoms with Gasteiger partial charge in [-0.05, 0) is 38.1 Å². The predicted octanol–water partition coefficient (Wildman–Crippen LogP) is 4.72. The third-order valence-electron chi connectivity index (χ3n) is 4.53. The van der Waals surface area contributed by atoms with Gasteiger partial charge in [0.2, 0.25) is 0 Å². The van der Waals surface area contributed by atoms with Gasteiger partial charge in [-0.15, -0.1) is 0 Å². The number of hydrogen-bond donors (Lipinski definition) is 0. The molecule has 0 atom stereocenters. The van der Waals surface area contributed by atoms with E-state index < -0.39 is 0 Å². The maximum absolute atomic E-state index is 14.0. The van der Waals surface area contributed by atoms with E-state index in [1.165, 1.54) is 12.1 Å². The van der Waals surface area contributed by atoms with Gasteiger partial charge < -0.3 is 0 Å². The largest absolute Gasteiger partial charge is 0.292 e. The second kappa shape index (κ2) is 7.75. The summed E-state index contributed by atoms with van der Waals surface area (Å²) in [6.45, 7) is 4.97. The van der Waals surface area contributed by atoms with E-state index >= 15 is 0 Å². The second-order valence-electron chi connectivity index (χ2n) is 6.71. The lowest BCUT2D eigenvalue weighted by molar-refractivity contribution is -0.113. The summed E-state index contributed by atoms with van der Waals surface area (Å²) < 4.78 is 28.0. The van der Waals surface area contributed by atoms with Crippen LogP contribution in [0.4, 0.5) is 8.78 Å². The fourth-order valence-corrected chi connectivity index (χ4v) is 2.99. The van der Waals surface area contributed by atoms with E-state index in [9.17, 15) is 13.6 Å². The molecular formula is C22H21F2NO. The van der Waals surface area contributed by atoms with Crippen molar-refractivity contribution in [2.45, 2.75) is 19.9 Å². The van der Waals surface area contributed by atoms with E-state index in [1.807, 2.05) is 13.8 Å². The minimum Gasteiger partial charge on any atom is -0.292 e. The molecule has 2 nitrogen and oxygen atoms in total. The van der Waals surface area contributed by atoms with Crippen molar-refractivity contribution in [1.29, 1.82) is 0 Å². The Bertz CT molecular complexity index is 816. The molecule has 1 aliphatic heterocycles. The van der Waals surface area contributed by atoms with Crippen LogP contribution in [0.3, 0.4) is 0 Å². The Morgan fingerprint density at radius 3 is 1.65 bits per heavy atom. The van der Waals surface area contributed by atoms with Crippen LogP contribution >= 0.6 is 0 Å². The van der Waals surface area contributed by atoms with E-state index in [0.29, 0.717) is 35.4 Å². The number of ketones is 1. The van der Waals surface area contributed by atoms with Crippen LogP contribution in [-0.4, -0.2) is 29.8 Å². The number of nitrogens with zero attached hydrogens (tertiary/aromatic N) is 1. The maximum atomic E-state index is 14.0. The number of Topliss-reactive ketones (excluding diaryl/α,β-unsaturated/α-hetero) is 1. The lowest BCUT2D eigenvalue weighted by Crippen LogP contribution is -2.41. The van der Waals surface area contributed by atoms with E-state index in [4.69, 9.17) is 0 Å². The van der Waals surface area contributed by atoms with Gasteiger partial charge in [0.05, 0.1) is 0 Å². The Morgan fingerprint density at radius 1 is 0.846 bits per heavy atom. The first-order valence-corrected chi connectivity index (χ1v) is 8.64. The number of likely N-dealkylation sites (tertiary alicyclic amines) is 1. The maximum Gasteiger partial charge on any atom is 0.187 e. The Hall–Kier alpha value is -2.59. The summed E-state index contributed by atoms with van der Waals surface area (Å²) in [6.07, 6.45) is 3.20. The van der Waals surface area contributed by atoms with E-state index in [-0.39, 0.29) is 23.5 Å². The summed E-state index contributed by atoms with van der Waals surface area (Å²) in [6, 6.07) is 12.9. The highest BCUT2D eigenvalue weighted by Gasteiger charge is 2.27. The van der Waals surface area contributed by atoms with Gasteiger partial charge in [0, 0.05) is 41.4 Å². The minimum absolute atomic E-state index is 0.159. The fourth-order valence-electron chi connectivity index (χ4n) is 2.99. The Labute approximate surface area is 152 Å². The smallest absolute Gasteiger partial charge is 0.187 e. The Kier molecular flexibility index (Phi) is 5.43. The molecule has 0 bridgehead atoms. The highest BCUT2D eigenvalue weighted by Crippen LogP contribution is 2.24. The third kappa shape index (κ3) is 3.97. The monoisotopic (exact) mass is 353 g/mol. The summed E-state index contributed by atoms with van der Waals surface area (Å²) in [5.41, 5.74) is 1.79. The van der Waals surface area contributed by atoms with Gasteiger partial charge in [0.25, 0.3) is 0 Å². The number of piperidine rings is 1. The number of benzene rings is 2. The van der Waals surface area contributed by atoms with Crippen molar-refractivity contribution in [2.75, 3.05) is 13.1 Å². The zero-order valence-corrected chi connectivity index (χ0v) is 14.9. The van der Waals surface area contributed by atoms with Crippen LogP contribution in [0.25, 0.3) is 12.2 Å². The highest BCUT2D eigenvalue weighted by atomic mass is 19.1. The SMILES string of the molecule is CC(C)N1C/C(=C/c2ccccc2F)C(=O)/C(=C/c2ccccc2F)C1. The number of halogens is 2. The summed E-state index contributed by atoms with van der Waals surface area (Å²) in [5, 5.41) is 0. The molecule has 3 rings (SSSR count). The van der Waals surface area contributed by atoms with Gasteiger partial charge in [-0.2, -0.15) is 0 Å². The normalized spacial score (nSPS) is 18.9. The highest BCUT2D eigenvalue weighted by molar-refractivity contribution is 6.14. The van der Waals surface area contributed by atoms with Crippen LogP contribution in [0.2, 0.25) is 0 Å². The van der Waals surface area contributed by atoms with Crippen molar-refractivity contribution in [3.05, 3.63) is 82.4 Å². The van der Waals surface area contributed by atoms with Crippen molar-refractivity contribution < 1.29 is 13.6 Å². The molecule has 4 heteroatoms. The molecule has 26 heavy (non-hydrogen) atoms. The van der Waals surface area contributed by atoms with E-state index in [2.05, 4.69) is 4.90 Å². The quantitative estimate of drug-likeness (QED) is 0.744. The lowest BCUT2D eigenvalue weighted by Gasteiger charge is -2.32. The van der Waals surface area contributed by atoms with Crippen LogP contribution in [0.1, 0.15) is 25.0 Å². The number of hydrogen-bond acceptors (Lipinski definition) is 2. The summed E-state index contributed by atoms with van der Waals surface area (Å²) in [4.78, 5) is 15.0. The van der Waals surface area contributed by atoms with Gasteiger partial charge in [0.1, 0.15) is 11.6 Å². The first-order valence-electron chi connectivity index (χ1n) is 8.64. The van der Waals surface area contributed by atoms with Gasteiger partial charge in [-0.3, -0.25) is 9.69 Å². The molecule has 2 aromatic carbocycles. The van der Waals surface area contributed by atoms with E-state index in [1.54, 1.807) is 48.6 Å². The molecule has 1 fully saturated rings. The molecule has 0 aliphatic carbocycles. The standard InChI is InChI=1S/C22H21F2NO/c1-15(2)25-13-18(11-16-7-3-5-9-20(16)23)22(26)19(14-25)12-17-8-4-6-10-21(17)24/h3-12,15H,13-14H2,1-2H3/b18-11-,19-12+. The van der Waals surface area contributed by atoms with Crippen LogP contribution in [0.15, 0.2) is 59.7 Å². The number of rotatable bonds is 3. The number of carbonyl (C=O) groups excluding carboxylic acids is 1. The van der Waals surface area contributed by atoms with Crippen molar-refractivity contribution >= 4 is 17.9 Å². The number of carbonyl (C=O) groups is 1. The fraction of sp³-hybridized carbons (Fsp3) is 0.227. The second-order valence-corrected chi connectivity index (χ2v) is 6.71. The summed E-state index contributed by atoms with van der Waals surface area (Å²) in [7, 11) is 0. The van der Waals surface area contributed by atoms with Crippen LogP contribution in [-0.2, 0) is 4.79 Å². The van der Waals surface area contributed by atoms with Crippen molar-refractivity contribution in [2.24, 2.45) is 0 Å². The average molecular weight is 353 g/mol. The topological polar surface area (TPSA) is 20.3 Å². The lowest BCUT2D eigenvalue weighted by atomic mass is 9.93. The molecule has 1 aliphatic rings. The van der Waals surface area contributed by atoms with Crippen molar-refractivity contribution in [3.8, 4) is 0 Å². The van der Waals surface area contributed by atoms with Crippen LogP contribution in [0, 0.1) is 11.6 Å². The molecule has 0 saturated carbocycles. The molecule has 134 valence electrons. The summed E-state index contributed by atoms with van der Waals surface area (Å²) >= 11 is 0. The third-order valence-corrected chi connectivity index (χ3v) is 4.53. The van der Waals surface area contributed by atoms with Crippen molar-refractivity contribution in [3.63, 3.8) is 0 Å². The first-order chi connectivity index (χ1) is 12.5. The zero-order chi connectivity index (χ0) is 18.7. The molecule has 0 aromatic heterocycles. The molecule has 0 amide bonds. The molecule has 1 saturated heterocycles. The molecule has 0 unspecified atom stereocenters. The van der Waals surface area contributed by atoms with Crippen molar-refractivity contribution in [1.82, 2.24) is 4.90 Å². The summed E-state index contributed by atoms with van der Waals surface area (Å²) in [5.74, 6) is -0.892. The van der Waals surface area contributed by atoms with E-state index in [0.717, 1.165) is 0 Å². The minimum atomic E-state index is -0.367.